The van der Waals surface area contributed by atoms with Gasteiger partial charge in [0.1, 0.15) is 11.6 Å². The van der Waals surface area contributed by atoms with Crippen LogP contribution in [0.1, 0.15) is 38.7 Å². The number of likely N-dealkylation sites (tertiary alicyclic amines) is 1. The molecule has 0 radical (unpaired) electrons. The van der Waals surface area contributed by atoms with Crippen molar-refractivity contribution in [3.63, 3.8) is 0 Å². The van der Waals surface area contributed by atoms with Crippen molar-refractivity contribution in [1.29, 1.82) is 5.26 Å². The van der Waals surface area contributed by atoms with Gasteiger partial charge in [0.05, 0.1) is 0 Å². The van der Waals surface area contributed by atoms with E-state index >= 15 is 0 Å². The number of piperidine rings is 1. The average molecular weight is 341 g/mol. The van der Waals surface area contributed by atoms with Crippen LogP contribution in [0.4, 0.5) is 0 Å². The Labute approximate surface area is 148 Å². The largest absolute Gasteiger partial charge is 0.454 e. The van der Waals surface area contributed by atoms with E-state index in [4.69, 9.17) is 9.47 Å². The third-order valence-corrected chi connectivity index (χ3v) is 4.80. The Hall–Kier alpha value is -2.68. The van der Waals surface area contributed by atoms with Gasteiger partial charge in [0, 0.05) is 24.8 Å². The quantitative estimate of drug-likeness (QED) is 0.673. The molecule has 1 aromatic rings. The first-order chi connectivity index (χ1) is 12.1. The molecule has 1 amide bonds. The molecule has 2 heterocycles. The Kier molecular flexibility index (Phi) is 5.13. The molecular weight excluding hydrogens is 318 g/mol. The predicted molar refractivity (Wildman–Crippen MR) is 92.7 cm³/mol. The lowest BCUT2D eigenvalue weighted by Crippen LogP contribution is -2.40. The summed E-state index contributed by atoms with van der Waals surface area (Å²) in [6, 6.07) is 8.25. The van der Waals surface area contributed by atoms with Gasteiger partial charge in [0.2, 0.25) is 6.79 Å². The minimum atomic E-state index is -0.356. The van der Waals surface area contributed by atoms with Crippen molar-refractivity contribution in [3.05, 3.63) is 35.5 Å². The van der Waals surface area contributed by atoms with Crippen LogP contribution in [-0.4, -0.2) is 29.7 Å². The number of fused-ring (bicyclic) bond motifs is 1. The van der Waals surface area contributed by atoms with E-state index in [9.17, 15) is 10.1 Å². The highest BCUT2D eigenvalue weighted by atomic mass is 16.7. The number of hydrogen-bond acceptors (Lipinski definition) is 5. The maximum absolute atomic E-state index is 12.4. The summed E-state index contributed by atoms with van der Waals surface area (Å²) >= 11 is 0. The second-order valence-electron chi connectivity index (χ2n) is 6.60. The number of carbonyl (C=O) groups is 1. The number of nitrogens with zero attached hydrogens (tertiary/aromatic N) is 2. The van der Waals surface area contributed by atoms with Crippen LogP contribution in [0.3, 0.4) is 0 Å². The van der Waals surface area contributed by atoms with E-state index in [0.29, 0.717) is 30.1 Å². The van der Waals surface area contributed by atoms with E-state index in [2.05, 4.69) is 24.1 Å². The smallest absolute Gasteiger partial charge is 0.263 e. The number of hydrogen-bond donors (Lipinski definition) is 1. The molecule has 0 bridgehead atoms. The molecule has 25 heavy (non-hydrogen) atoms. The molecule has 6 nitrogen and oxygen atoms in total. The normalized spacial score (nSPS) is 22.4. The fourth-order valence-corrected chi connectivity index (χ4v) is 3.31. The standard InChI is InChI=1S/C19H23N3O3/c1-13-4-3-5-14(2)22(13)11-16(9-20)19(23)21-10-15-6-7-17-18(8-15)25-12-24-17/h6-8,11,13-14H,3-5,10,12H2,1-2H3,(H,21,23)/b16-11-. The van der Waals surface area contributed by atoms with E-state index in [0.717, 1.165) is 18.4 Å². The number of benzene rings is 1. The van der Waals surface area contributed by atoms with E-state index in [1.165, 1.54) is 6.42 Å². The minimum absolute atomic E-state index is 0.140. The zero-order valence-corrected chi connectivity index (χ0v) is 14.6. The lowest BCUT2D eigenvalue weighted by atomic mass is 9.98. The first kappa shape index (κ1) is 17.2. The highest BCUT2D eigenvalue weighted by Crippen LogP contribution is 2.32. The van der Waals surface area contributed by atoms with E-state index in [-0.39, 0.29) is 18.3 Å². The molecule has 6 heteroatoms. The van der Waals surface area contributed by atoms with Gasteiger partial charge in [-0.3, -0.25) is 4.79 Å². The molecule has 0 saturated carbocycles. The van der Waals surface area contributed by atoms with Crippen LogP contribution in [-0.2, 0) is 11.3 Å². The monoisotopic (exact) mass is 341 g/mol. The molecule has 2 atom stereocenters. The predicted octanol–water partition coefficient (Wildman–Crippen LogP) is 2.70. The minimum Gasteiger partial charge on any atom is -0.454 e. The van der Waals surface area contributed by atoms with E-state index < -0.39 is 0 Å². The summed E-state index contributed by atoms with van der Waals surface area (Å²) in [5.41, 5.74) is 1.04. The fraction of sp³-hybridized carbons (Fsp3) is 0.474. The molecule has 0 aromatic heterocycles. The lowest BCUT2D eigenvalue weighted by molar-refractivity contribution is -0.117. The summed E-state index contributed by atoms with van der Waals surface area (Å²) in [6.07, 6.45) is 5.06. The van der Waals surface area contributed by atoms with Crippen molar-refractivity contribution in [2.75, 3.05) is 6.79 Å². The summed E-state index contributed by atoms with van der Waals surface area (Å²) in [5, 5.41) is 12.2. The molecule has 1 fully saturated rings. The zero-order valence-electron chi connectivity index (χ0n) is 14.6. The molecule has 3 rings (SSSR count). The van der Waals surface area contributed by atoms with Gasteiger partial charge in [-0.05, 0) is 50.8 Å². The third kappa shape index (κ3) is 3.87. The van der Waals surface area contributed by atoms with Crippen LogP contribution in [0, 0.1) is 11.3 Å². The topological polar surface area (TPSA) is 74.6 Å². The van der Waals surface area contributed by atoms with Crippen LogP contribution in [0.2, 0.25) is 0 Å². The molecular formula is C19H23N3O3. The molecule has 1 N–H and O–H groups in total. The van der Waals surface area contributed by atoms with Crippen molar-refractivity contribution in [2.45, 2.75) is 51.7 Å². The molecule has 0 aliphatic carbocycles. The number of carbonyl (C=O) groups excluding carboxylic acids is 1. The first-order valence-corrected chi connectivity index (χ1v) is 8.64. The summed E-state index contributed by atoms with van der Waals surface area (Å²) in [6.45, 7) is 4.82. The van der Waals surface area contributed by atoms with Gasteiger partial charge in [-0.1, -0.05) is 6.07 Å². The molecule has 0 spiro atoms. The zero-order chi connectivity index (χ0) is 17.8. The fourth-order valence-electron chi connectivity index (χ4n) is 3.31. The van der Waals surface area contributed by atoms with Gasteiger partial charge in [0.15, 0.2) is 11.5 Å². The van der Waals surface area contributed by atoms with Gasteiger partial charge >= 0.3 is 0 Å². The van der Waals surface area contributed by atoms with Gasteiger partial charge < -0.3 is 19.7 Å². The van der Waals surface area contributed by atoms with Crippen LogP contribution in [0.5, 0.6) is 11.5 Å². The average Bonchev–Trinajstić information content (AvgIpc) is 3.07. The molecule has 2 unspecified atom stereocenters. The Morgan fingerprint density at radius 1 is 1.32 bits per heavy atom. The maximum atomic E-state index is 12.4. The summed E-state index contributed by atoms with van der Waals surface area (Å²) in [5.74, 6) is 1.03. The van der Waals surface area contributed by atoms with Gasteiger partial charge in [-0.2, -0.15) is 5.26 Å². The number of amides is 1. The van der Waals surface area contributed by atoms with E-state index in [1.54, 1.807) is 6.20 Å². The maximum Gasteiger partial charge on any atom is 0.263 e. The number of nitriles is 1. The molecule has 1 saturated heterocycles. The second-order valence-corrected chi connectivity index (χ2v) is 6.60. The highest BCUT2D eigenvalue weighted by Gasteiger charge is 2.23. The highest BCUT2D eigenvalue weighted by molar-refractivity contribution is 5.97. The lowest BCUT2D eigenvalue weighted by Gasteiger charge is -2.38. The van der Waals surface area contributed by atoms with Crippen LogP contribution in [0.25, 0.3) is 0 Å². The van der Waals surface area contributed by atoms with Crippen molar-refractivity contribution < 1.29 is 14.3 Å². The van der Waals surface area contributed by atoms with Gasteiger partial charge in [-0.15, -0.1) is 0 Å². The van der Waals surface area contributed by atoms with Gasteiger partial charge in [-0.25, -0.2) is 0 Å². The van der Waals surface area contributed by atoms with Gasteiger partial charge in [0.25, 0.3) is 5.91 Å². The number of ether oxygens (including phenoxy) is 2. The third-order valence-electron chi connectivity index (χ3n) is 4.80. The molecule has 2 aliphatic rings. The Balaban J connectivity index is 1.64. The van der Waals surface area contributed by atoms with Crippen LogP contribution in [0.15, 0.2) is 30.0 Å². The van der Waals surface area contributed by atoms with Crippen molar-refractivity contribution >= 4 is 5.91 Å². The Bertz CT molecular complexity index is 713. The molecule has 2 aliphatic heterocycles. The SMILES string of the molecule is CC1CCCC(C)N1/C=C(/C#N)C(=O)NCc1ccc2c(c1)OCO2. The summed E-state index contributed by atoms with van der Waals surface area (Å²) < 4.78 is 10.6. The van der Waals surface area contributed by atoms with Crippen LogP contribution >= 0.6 is 0 Å². The number of nitrogens with one attached hydrogen (secondary N) is 1. The van der Waals surface area contributed by atoms with Crippen molar-refractivity contribution in [3.8, 4) is 17.6 Å². The number of rotatable bonds is 4. The molecule has 1 aromatic carbocycles. The van der Waals surface area contributed by atoms with Crippen molar-refractivity contribution in [2.24, 2.45) is 0 Å². The summed E-state index contributed by atoms with van der Waals surface area (Å²) in [4.78, 5) is 14.5. The Morgan fingerprint density at radius 2 is 2.04 bits per heavy atom. The molecule has 132 valence electrons. The summed E-state index contributed by atoms with van der Waals surface area (Å²) in [7, 11) is 0. The van der Waals surface area contributed by atoms with Crippen molar-refractivity contribution in [1.82, 2.24) is 10.2 Å². The Morgan fingerprint density at radius 3 is 2.76 bits per heavy atom. The second kappa shape index (κ2) is 7.47. The first-order valence-electron chi connectivity index (χ1n) is 8.64. The van der Waals surface area contributed by atoms with Crippen LogP contribution < -0.4 is 14.8 Å². The van der Waals surface area contributed by atoms with E-state index in [1.807, 2.05) is 24.3 Å².